The topological polar surface area (TPSA) is 65.2 Å². The van der Waals surface area contributed by atoms with Crippen LogP contribution in [0.25, 0.3) is 0 Å². The minimum absolute atomic E-state index is 0.0120. The summed E-state index contributed by atoms with van der Waals surface area (Å²) in [6, 6.07) is 1.66. The molecule has 0 aliphatic heterocycles. The van der Waals surface area contributed by atoms with Gasteiger partial charge in [-0.1, -0.05) is 20.8 Å². The van der Waals surface area contributed by atoms with Gasteiger partial charge in [0.2, 0.25) is 0 Å². The van der Waals surface area contributed by atoms with Gasteiger partial charge in [0, 0.05) is 21.4 Å². The third-order valence-electron chi connectivity index (χ3n) is 2.80. The van der Waals surface area contributed by atoms with Crippen LogP contribution in [-0.4, -0.2) is 11.0 Å². The maximum atomic E-state index is 11.9. The number of nitrogens with two attached hydrogens (primary N) is 1. The summed E-state index contributed by atoms with van der Waals surface area (Å²) in [4.78, 5) is 17.9. The minimum atomic E-state index is -0.345. The first-order chi connectivity index (χ1) is 9.27. The predicted molar refractivity (Wildman–Crippen MR) is 83.4 cm³/mol. The molecule has 4 nitrogen and oxygen atoms in total. The van der Waals surface area contributed by atoms with Gasteiger partial charge in [-0.25, -0.2) is 9.78 Å². The minimum Gasteiger partial charge on any atom is -0.454 e. The van der Waals surface area contributed by atoms with Gasteiger partial charge in [0.25, 0.3) is 0 Å². The number of thiazole rings is 1. The summed E-state index contributed by atoms with van der Waals surface area (Å²) >= 11 is 2.86. The average Bonchev–Trinajstić information content (AvgIpc) is 2.94. The molecule has 0 aromatic carbocycles. The quantitative estimate of drug-likeness (QED) is 0.877. The van der Waals surface area contributed by atoms with E-state index < -0.39 is 0 Å². The van der Waals surface area contributed by atoms with E-state index in [-0.39, 0.29) is 18.0 Å². The number of carbonyl (C=O) groups is 1. The SMILES string of the molecule is Cc1sc(C(=O)OCc2nc(C(C)(C)C)cs2)cc1N. The number of hydrogen-bond acceptors (Lipinski definition) is 6. The monoisotopic (exact) mass is 310 g/mol. The normalized spacial score (nSPS) is 11.6. The van der Waals surface area contributed by atoms with E-state index in [0.717, 1.165) is 15.6 Å². The molecule has 0 atom stereocenters. The number of ether oxygens (including phenoxy) is 1. The molecule has 0 radical (unpaired) electrons. The van der Waals surface area contributed by atoms with Gasteiger partial charge in [-0.2, -0.15) is 0 Å². The van der Waals surface area contributed by atoms with Crippen LogP contribution in [0.5, 0.6) is 0 Å². The van der Waals surface area contributed by atoms with Crippen molar-refractivity contribution in [1.82, 2.24) is 4.98 Å². The van der Waals surface area contributed by atoms with Crippen LogP contribution < -0.4 is 5.73 Å². The van der Waals surface area contributed by atoms with Crippen LogP contribution in [0.4, 0.5) is 5.69 Å². The van der Waals surface area contributed by atoms with Crippen LogP contribution in [0.15, 0.2) is 11.4 Å². The Morgan fingerprint density at radius 1 is 1.45 bits per heavy atom. The number of anilines is 1. The van der Waals surface area contributed by atoms with Crippen LogP contribution in [0.1, 0.15) is 46.0 Å². The Balaban J connectivity index is 1.98. The first kappa shape index (κ1) is 15.0. The second kappa shape index (κ2) is 5.54. The summed E-state index contributed by atoms with van der Waals surface area (Å²) in [5.41, 5.74) is 7.39. The molecule has 2 aromatic rings. The number of rotatable bonds is 3. The summed E-state index contributed by atoms with van der Waals surface area (Å²) < 4.78 is 5.27. The molecule has 0 bridgehead atoms. The van der Waals surface area contributed by atoms with Gasteiger partial charge in [-0.05, 0) is 13.0 Å². The van der Waals surface area contributed by atoms with Crippen molar-refractivity contribution in [3.8, 4) is 0 Å². The number of thiophene rings is 1. The molecule has 0 unspecified atom stereocenters. The molecule has 0 aliphatic carbocycles. The predicted octanol–water partition coefficient (Wildman–Crippen LogP) is 3.75. The van der Waals surface area contributed by atoms with Gasteiger partial charge >= 0.3 is 5.97 Å². The Kier molecular flexibility index (Phi) is 4.15. The van der Waals surface area contributed by atoms with Crippen LogP contribution in [0, 0.1) is 6.92 Å². The molecule has 0 fully saturated rings. The number of nitrogens with zero attached hydrogens (tertiary/aromatic N) is 1. The van der Waals surface area contributed by atoms with Gasteiger partial charge in [0.15, 0.2) is 0 Å². The first-order valence-corrected chi connectivity index (χ1v) is 7.95. The molecule has 2 N–H and O–H groups in total. The summed E-state index contributed by atoms with van der Waals surface area (Å²) in [7, 11) is 0. The Hall–Kier alpha value is -1.40. The first-order valence-electron chi connectivity index (χ1n) is 6.25. The molecule has 0 spiro atoms. The Bertz CT molecular complexity index is 604. The molecule has 2 rings (SSSR count). The third kappa shape index (κ3) is 3.37. The van der Waals surface area contributed by atoms with Gasteiger partial charge in [0.05, 0.1) is 5.69 Å². The van der Waals surface area contributed by atoms with E-state index in [4.69, 9.17) is 10.5 Å². The fourth-order valence-corrected chi connectivity index (χ4v) is 3.28. The second-order valence-corrected chi connectivity index (χ2v) is 7.77. The standard InChI is InChI=1S/C14H18N2O2S2/c1-8-9(15)5-10(20-8)13(17)18-6-12-16-11(7-19-12)14(2,3)4/h5,7H,6,15H2,1-4H3. The molecule has 108 valence electrons. The molecule has 0 aliphatic rings. The van der Waals surface area contributed by atoms with Crippen LogP contribution in [0.3, 0.4) is 0 Å². The Morgan fingerprint density at radius 3 is 2.65 bits per heavy atom. The lowest BCUT2D eigenvalue weighted by Crippen LogP contribution is -2.11. The van der Waals surface area contributed by atoms with Crippen LogP contribution in [0.2, 0.25) is 0 Å². The molecule has 6 heteroatoms. The summed E-state index contributed by atoms with van der Waals surface area (Å²) in [6.45, 7) is 8.41. The number of carbonyl (C=O) groups excluding carboxylic acids is 1. The molecule has 0 amide bonds. The zero-order valence-corrected chi connectivity index (χ0v) is 13.7. The highest BCUT2D eigenvalue weighted by atomic mass is 32.1. The molecule has 20 heavy (non-hydrogen) atoms. The van der Waals surface area contributed by atoms with E-state index in [1.807, 2.05) is 12.3 Å². The number of aromatic nitrogens is 1. The third-order valence-corrected chi connectivity index (χ3v) is 4.67. The molecular weight excluding hydrogens is 292 g/mol. The second-order valence-electron chi connectivity index (χ2n) is 5.57. The fraction of sp³-hybridized carbons (Fsp3) is 0.429. The van der Waals surface area contributed by atoms with Gasteiger partial charge in [-0.15, -0.1) is 22.7 Å². The van der Waals surface area contributed by atoms with Crippen LogP contribution in [-0.2, 0) is 16.8 Å². The number of hydrogen-bond donors (Lipinski definition) is 1. The Labute approximate surface area is 126 Å². The summed E-state index contributed by atoms with van der Waals surface area (Å²) in [5, 5.41) is 2.82. The van der Waals surface area contributed by atoms with Crippen molar-refractivity contribution in [2.24, 2.45) is 0 Å². The van der Waals surface area contributed by atoms with E-state index in [2.05, 4.69) is 25.8 Å². The maximum Gasteiger partial charge on any atom is 0.348 e. The van der Waals surface area contributed by atoms with Crippen LogP contribution >= 0.6 is 22.7 Å². The van der Waals surface area contributed by atoms with Crippen molar-refractivity contribution >= 4 is 34.3 Å². The van der Waals surface area contributed by atoms with Gasteiger partial charge in [0.1, 0.15) is 16.5 Å². The van der Waals surface area contributed by atoms with E-state index in [1.54, 1.807) is 6.07 Å². The van der Waals surface area contributed by atoms with E-state index in [9.17, 15) is 4.79 Å². The lowest BCUT2D eigenvalue weighted by atomic mass is 9.93. The van der Waals surface area contributed by atoms with Crippen molar-refractivity contribution in [3.05, 3.63) is 31.9 Å². The zero-order chi connectivity index (χ0) is 14.9. The maximum absolute atomic E-state index is 11.9. The summed E-state index contributed by atoms with van der Waals surface area (Å²) in [5.74, 6) is -0.345. The number of nitrogen functional groups attached to an aromatic ring is 1. The molecule has 2 aromatic heterocycles. The van der Waals surface area contributed by atoms with E-state index >= 15 is 0 Å². The Morgan fingerprint density at radius 2 is 2.15 bits per heavy atom. The smallest absolute Gasteiger partial charge is 0.348 e. The highest BCUT2D eigenvalue weighted by Gasteiger charge is 2.18. The van der Waals surface area contributed by atoms with E-state index in [0.29, 0.717) is 10.6 Å². The highest BCUT2D eigenvalue weighted by Crippen LogP contribution is 2.26. The fourth-order valence-electron chi connectivity index (χ4n) is 1.52. The lowest BCUT2D eigenvalue weighted by Gasteiger charge is -2.14. The summed E-state index contributed by atoms with van der Waals surface area (Å²) in [6.07, 6.45) is 0. The van der Waals surface area contributed by atoms with E-state index in [1.165, 1.54) is 22.7 Å². The van der Waals surface area contributed by atoms with Crippen molar-refractivity contribution in [1.29, 1.82) is 0 Å². The van der Waals surface area contributed by atoms with Gasteiger partial charge < -0.3 is 10.5 Å². The molecule has 2 heterocycles. The molecule has 0 saturated carbocycles. The molecule has 0 saturated heterocycles. The highest BCUT2D eigenvalue weighted by molar-refractivity contribution is 7.14. The number of esters is 1. The van der Waals surface area contributed by atoms with Crippen molar-refractivity contribution in [3.63, 3.8) is 0 Å². The molecular formula is C14H18N2O2S2. The largest absolute Gasteiger partial charge is 0.454 e. The van der Waals surface area contributed by atoms with Crippen molar-refractivity contribution in [2.75, 3.05) is 5.73 Å². The van der Waals surface area contributed by atoms with Crippen molar-refractivity contribution in [2.45, 2.75) is 39.7 Å². The van der Waals surface area contributed by atoms with Gasteiger partial charge in [-0.3, -0.25) is 0 Å². The van der Waals surface area contributed by atoms with Crippen molar-refractivity contribution < 1.29 is 9.53 Å². The lowest BCUT2D eigenvalue weighted by molar-refractivity contribution is 0.0478. The zero-order valence-electron chi connectivity index (χ0n) is 12.0. The average molecular weight is 310 g/mol. The number of aryl methyl sites for hydroxylation is 1.